The van der Waals surface area contributed by atoms with Crippen LogP contribution in [-0.2, 0) is 12.8 Å². The van der Waals surface area contributed by atoms with E-state index in [9.17, 15) is 25.5 Å². The molecule has 3 atom stereocenters. The summed E-state index contributed by atoms with van der Waals surface area (Å²) >= 11 is 0. The molecule has 3 aromatic rings. The Morgan fingerprint density at radius 3 is 2.39 bits per heavy atom. The summed E-state index contributed by atoms with van der Waals surface area (Å²) in [5, 5.41) is 52.6. The molecule has 0 bridgehead atoms. The molecule has 1 aliphatic heterocycles. The number of methoxy groups -OCH3 is 2. The molecule has 0 saturated carbocycles. The van der Waals surface area contributed by atoms with Crippen molar-refractivity contribution in [1.29, 1.82) is 0 Å². The maximum Gasteiger partial charge on any atom is 0.207 e. The molecule has 0 amide bonds. The topological polar surface area (TPSA) is 138 Å². The molecule has 5 rings (SSSR count). The van der Waals surface area contributed by atoms with Crippen molar-refractivity contribution >= 4 is 0 Å². The largest absolute Gasteiger partial charge is 0.508 e. The lowest BCUT2D eigenvalue weighted by atomic mass is 9.73. The van der Waals surface area contributed by atoms with Crippen LogP contribution in [0.5, 0.6) is 40.2 Å². The Kier molecular flexibility index (Phi) is 8.11. The fourth-order valence-corrected chi connectivity index (χ4v) is 6.11. The average Bonchev–Trinajstić information content (AvgIpc) is 2.95. The van der Waals surface area contributed by atoms with Crippen molar-refractivity contribution in [3.8, 4) is 51.4 Å². The maximum absolute atomic E-state index is 11.4. The van der Waals surface area contributed by atoms with Crippen LogP contribution in [0.15, 0.2) is 30.3 Å². The zero-order valence-corrected chi connectivity index (χ0v) is 23.8. The number of aliphatic hydroxyl groups excluding tert-OH is 2. The number of phenolic OH excluding ortho intramolecular Hbond substituents is 3. The Morgan fingerprint density at radius 1 is 0.927 bits per heavy atom. The normalized spacial score (nSPS) is 19.1. The van der Waals surface area contributed by atoms with Crippen LogP contribution in [0.2, 0.25) is 0 Å². The van der Waals surface area contributed by atoms with Gasteiger partial charge in [-0.05, 0) is 59.6 Å². The van der Waals surface area contributed by atoms with Crippen molar-refractivity contribution in [1.82, 2.24) is 0 Å². The minimum absolute atomic E-state index is 0.0708. The molecule has 9 nitrogen and oxygen atoms in total. The van der Waals surface area contributed by atoms with E-state index >= 15 is 0 Å². The van der Waals surface area contributed by atoms with Crippen molar-refractivity contribution in [2.45, 2.75) is 57.7 Å². The third-order valence-corrected chi connectivity index (χ3v) is 8.08. The highest BCUT2D eigenvalue weighted by atomic mass is 16.5. The van der Waals surface area contributed by atoms with E-state index in [1.165, 1.54) is 20.3 Å². The van der Waals surface area contributed by atoms with Gasteiger partial charge in [0, 0.05) is 29.2 Å². The first-order valence-electron chi connectivity index (χ1n) is 14.0. The van der Waals surface area contributed by atoms with Crippen molar-refractivity contribution in [2.24, 2.45) is 5.92 Å². The third-order valence-electron chi connectivity index (χ3n) is 8.08. The molecule has 3 aromatic carbocycles. The van der Waals surface area contributed by atoms with E-state index in [0.717, 1.165) is 40.7 Å². The van der Waals surface area contributed by atoms with Crippen molar-refractivity contribution < 1.29 is 44.5 Å². The number of benzene rings is 3. The Morgan fingerprint density at radius 2 is 1.71 bits per heavy atom. The summed E-state index contributed by atoms with van der Waals surface area (Å²) in [5.74, 6) is 1.09. The zero-order chi connectivity index (χ0) is 29.4. The van der Waals surface area contributed by atoms with Gasteiger partial charge in [-0.2, -0.15) is 0 Å². The van der Waals surface area contributed by atoms with Crippen LogP contribution in [0.3, 0.4) is 0 Å². The molecule has 2 aliphatic rings. The first-order chi connectivity index (χ1) is 19.7. The molecule has 1 aliphatic carbocycles. The molecule has 5 N–H and O–H groups in total. The number of ether oxygens (including phenoxy) is 4. The van der Waals surface area contributed by atoms with E-state index in [-0.39, 0.29) is 59.9 Å². The van der Waals surface area contributed by atoms with Gasteiger partial charge < -0.3 is 44.5 Å². The molecule has 220 valence electrons. The van der Waals surface area contributed by atoms with Gasteiger partial charge in [0.25, 0.3) is 0 Å². The zero-order valence-electron chi connectivity index (χ0n) is 23.8. The standard InChI is InChI=1S/C32H38O9/c1-16(2)5-6-17-11-22-21-13-24(35)31(23-14-27(38-3)30(37)32(39-4)29(23)36)41-25(21)15-26(40-10-9-33)28(22)19-8-7-18(34)12-20(17)19/h7-8,12,14-17,24,31,33-37H,5-6,9-11,13H2,1-4H3. The summed E-state index contributed by atoms with van der Waals surface area (Å²) < 4.78 is 22.9. The predicted molar refractivity (Wildman–Crippen MR) is 153 cm³/mol. The second-order valence-corrected chi connectivity index (χ2v) is 11.1. The Hall–Kier alpha value is -3.82. The van der Waals surface area contributed by atoms with Gasteiger partial charge in [0.1, 0.15) is 23.9 Å². The molecule has 41 heavy (non-hydrogen) atoms. The van der Waals surface area contributed by atoms with E-state index in [1.54, 1.807) is 12.1 Å². The maximum atomic E-state index is 11.4. The summed E-state index contributed by atoms with van der Waals surface area (Å²) in [6, 6.07) is 8.59. The van der Waals surface area contributed by atoms with E-state index in [2.05, 4.69) is 13.8 Å². The average molecular weight is 567 g/mol. The fourth-order valence-electron chi connectivity index (χ4n) is 6.11. The molecular formula is C32H38O9. The Balaban J connectivity index is 1.65. The molecule has 0 aromatic heterocycles. The van der Waals surface area contributed by atoms with Gasteiger partial charge in [-0.15, -0.1) is 0 Å². The molecule has 0 saturated heterocycles. The monoisotopic (exact) mass is 566 g/mol. The lowest BCUT2D eigenvalue weighted by molar-refractivity contribution is 0.0186. The third kappa shape index (κ3) is 5.20. The van der Waals surface area contributed by atoms with Crippen LogP contribution in [0.1, 0.15) is 61.0 Å². The van der Waals surface area contributed by atoms with Gasteiger partial charge in [0.05, 0.1) is 26.9 Å². The smallest absolute Gasteiger partial charge is 0.207 e. The van der Waals surface area contributed by atoms with Crippen LogP contribution < -0.4 is 18.9 Å². The van der Waals surface area contributed by atoms with Crippen molar-refractivity contribution in [3.63, 3.8) is 0 Å². The van der Waals surface area contributed by atoms with Gasteiger partial charge in [0.15, 0.2) is 17.6 Å². The predicted octanol–water partition coefficient (Wildman–Crippen LogP) is 4.97. The van der Waals surface area contributed by atoms with Gasteiger partial charge in [-0.1, -0.05) is 26.3 Å². The number of aliphatic hydroxyl groups is 2. The van der Waals surface area contributed by atoms with Crippen LogP contribution >= 0.6 is 0 Å². The molecule has 1 heterocycles. The van der Waals surface area contributed by atoms with Crippen molar-refractivity contribution in [2.75, 3.05) is 27.4 Å². The summed E-state index contributed by atoms with van der Waals surface area (Å²) in [6.45, 7) is 4.29. The summed E-state index contributed by atoms with van der Waals surface area (Å²) in [4.78, 5) is 0. The lowest BCUT2D eigenvalue weighted by Gasteiger charge is -2.37. The van der Waals surface area contributed by atoms with Crippen LogP contribution in [-0.4, -0.2) is 59.1 Å². The van der Waals surface area contributed by atoms with Gasteiger partial charge in [-0.3, -0.25) is 0 Å². The summed E-state index contributed by atoms with van der Waals surface area (Å²) in [5.41, 5.74) is 4.94. The van der Waals surface area contributed by atoms with Crippen LogP contribution in [0.25, 0.3) is 11.1 Å². The molecule has 0 fully saturated rings. The van der Waals surface area contributed by atoms with Crippen LogP contribution in [0.4, 0.5) is 0 Å². The number of aromatic hydroxyl groups is 3. The number of phenols is 3. The number of rotatable bonds is 9. The van der Waals surface area contributed by atoms with Gasteiger partial charge in [-0.25, -0.2) is 0 Å². The van der Waals surface area contributed by atoms with Crippen molar-refractivity contribution in [3.05, 3.63) is 52.6 Å². The summed E-state index contributed by atoms with van der Waals surface area (Å²) in [7, 11) is 2.70. The minimum atomic E-state index is -1.03. The van der Waals surface area contributed by atoms with E-state index in [4.69, 9.17) is 18.9 Å². The summed E-state index contributed by atoms with van der Waals surface area (Å²) in [6.07, 6.45) is 0.845. The Labute approximate surface area is 239 Å². The lowest BCUT2D eigenvalue weighted by Crippen LogP contribution is -2.32. The van der Waals surface area contributed by atoms with Gasteiger partial charge in [0.2, 0.25) is 11.5 Å². The van der Waals surface area contributed by atoms with E-state index in [0.29, 0.717) is 23.8 Å². The SMILES string of the molecule is COc1cc(C2Oc3cc(OCCO)c4c(c3CC2O)CC(CCC(C)C)c2cc(O)ccc2-4)c(O)c(OC)c1O. The molecule has 9 heteroatoms. The number of fused-ring (bicyclic) bond motifs is 5. The highest BCUT2D eigenvalue weighted by Crippen LogP contribution is 2.54. The first kappa shape index (κ1) is 28.7. The van der Waals surface area contributed by atoms with Crippen LogP contribution in [0, 0.1) is 5.92 Å². The van der Waals surface area contributed by atoms with E-state index < -0.39 is 12.2 Å². The van der Waals surface area contributed by atoms with E-state index in [1.807, 2.05) is 12.1 Å². The Bertz CT molecular complexity index is 1430. The second kappa shape index (κ2) is 11.6. The number of hydrogen-bond acceptors (Lipinski definition) is 9. The fraction of sp³-hybridized carbons (Fsp3) is 0.438. The quantitative estimate of drug-likeness (QED) is 0.243. The number of hydrogen-bond donors (Lipinski definition) is 5. The molecule has 0 radical (unpaired) electrons. The molecular weight excluding hydrogens is 528 g/mol. The highest BCUT2D eigenvalue weighted by molar-refractivity contribution is 5.83. The molecule has 3 unspecified atom stereocenters. The molecule has 0 spiro atoms. The first-order valence-corrected chi connectivity index (χ1v) is 14.0. The highest BCUT2D eigenvalue weighted by Gasteiger charge is 2.39. The minimum Gasteiger partial charge on any atom is -0.508 e. The second-order valence-electron chi connectivity index (χ2n) is 11.1. The van der Waals surface area contributed by atoms with Gasteiger partial charge >= 0.3 is 0 Å².